The van der Waals surface area contributed by atoms with Gasteiger partial charge in [-0.1, -0.05) is 42.5 Å². The topological polar surface area (TPSA) is 64.6 Å². The van der Waals surface area contributed by atoms with Crippen molar-refractivity contribution in [3.63, 3.8) is 0 Å². The van der Waals surface area contributed by atoms with E-state index in [-0.39, 0.29) is 18.0 Å². The fourth-order valence-electron chi connectivity index (χ4n) is 3.33. The number of methoxy groups -OCH3 is 1. The minimum absolute atomic E-state index is 0.262. The Morgan fingerprint density at radius 2 is 1.79 bits per heavy atom. The van der Waals surface area contributed by atoms with Crippen molar-refractivity contribution in [1.29, 1.82) is 0 Å². The van der Waals surface area contributed by atoms with Gasteiger partial charge in [0.2, 0.25) is 0 Å². The number of carbonyl (C=O) groups is 2. The van der Waals surface area contributed by atoms with Gasteiger partial charge in [-0.15, -0.1) is 0 Å². The summed E-state index contributed by atoms with van der Waals surface area (Å²) in [6, 6.07) is 21.9. The van der Waals surface area contributed by atoms with Gasteiger partial charge in [0.05, 0.1) is 18.4 Å². The van der Waals surface area contributed by atoms with Gasteiger partial charge in [-0.05, 0) is 41.5 Å². The Balaban J connectivity index is 1.60. The zero-order valence-electron chi connectivity index (χ0n) is 15.3. The van der Waals surface area contributed by atoms with E-state index in [0.717, 1.165) is 11.1 Å². The van der Waals surface area contributed by atoms with Crippen LogP contribution in [0, 0.1) is 0 Å². The van der Waals surface area contributed by atoms with Crippen molar-refractivity contribution < 1.29 is 19.1 Å². The highest BCUT2D eigenvalue weighted by molar-refractivity contribution is 6.06. The fourth-order valence-corrected chi connectivity index (χ4v) is 3.33. The molecule has 1 aliphatic rings. The minimum Gasteiger partial charge on any atom is -0.495 e. The summed E-state index contributed by atoms with van der Waals surface area (Å²) in [6.45, 7) is 0. The molecule has 0 radical (unpaired) electrons. The van der Waals surface area contributed by atoms with Gasteiger partial charge in [-0.2, -0.15) is 0 Å². The number of fused-ring (bicyclic) bond motifs is 1. The average molecular weight is 373 g/mol. The van der Waals surface area contributed by atoms with E-state index in [9.17, 15) is 9.59 Å². The standard InChI is InChI=1S/C23H19NO4/c1-27-20-10-6-5-9-19(20)24-22(25)16-11-12-18-17(13-16)14-21(28-23(18)26)15-7-3-2-4-8-15/h2-13,21H,14H2,1H3,(H,24,25)/t21-/m1/s1. The third-order valence-corrected chi connectivity index (χ3v) is 4.77. The Kier molecular flexibility index (Phi) is 4.81. The van der Waals surface area contributed by atoms with Crippen molar-refractivity contribution in [2.75, 3.05) is 12.4 Å². The van der Waals surface area contributed by atoms with Crippen LogP contribution >= 0.6 is 0 Å². The fraction of sp³-hybridized carbons (Fsp3) is 0.130. The highest BCUT2D eigenvalue weighted by Gasteiger charge is 2.28. The molecule has 1 amide bonds. The van der Waals surface area contributed by atoms with Crippen molar-refractivity contribution in [3.8, 4) is 5.75 Å². The van der Waals surface area contributed by atoms with Crippen LogP contribution in [0.25, 0.3) is 0 Å². The van der Waals surface area contributed by atoms with E-state index in [4.69, 9.17) is 9.47 Å². The lowest BCUT2D eigenvalue weighted by Gasteiger charge is -2.25. The molecule has 140 valence electrons. The second-order valence-corrected chi connectivity index (χ2v) is 6.54. The van der Waals surface area contributed by atoms with Crippen LogP contribution in [0.1, 0.15) is 37.9 Å². The van der Waals surface area contributed by atoms with Gasteiger partial charge in [-0.25, -0.2) is 4.79 Å². The second-order valence-electron chi connectivity index (χ2n) is 6.54. The summed E-state index contributed by atoms with van der Waals surface area (Å²) in [6.07, 6.45) is 0.176. The highest BCUT2D eigenvalue weighted by Crippen LogP contribution is 2.31. The molecule has 0 saturated carbocycles. The van der Waals surface area contributed by atoms with Gasteiger partial charge in [0.25, 0.3) is 5.91 Å². The molecule has 3 aromatic carbocycles. The first-order valence-corrected chi connectivity index (χ1v) is 8.99. The third-order valence-electron chi connectivity index (χ3n) is 4.77. The summed E-state index contributed by atoms with van der Waals surface area (Å²) >= 11 is 0. The summed E-state index contributed by atoms with van der Waals surface area (Å²) in [7, 11) is 1.55. The molecule has 28 heavy (non-hydrogen) atoms. The van der Waals surface area contributed by atoms with E-state index in [0.29, 0.717) is 29.0 Å². The third kappa shape index (κ3) is 3.47. The largest absolute Gasteiger partial charge is 0.495 e. The predicted molar refractivity (Wildman–Crippen MR) is 106 cm³/mol. The van der Waals surface area contributed by atoms with Gasteiger partial charge in [0.1, 0.15) is 11.9 Å². The van der Waals surface area contributed by atoms with Crippen LogP contribution in [-0.4, -0.2) is 19.0 Å². The van der Waals surface area contributed by atoms with Crippen LogP contribution in [0.2, 0.25) is 0 Å². The molecule has 5 nitrogen and oxygen atoms in total. The van der Waals surface area contributed by atoms with E-state index in [1.165, 1.54) is 0 Å². The van der Waals surface area contributed by atoms with Crippen LogP contribution < -0.4 is 10.1 Å². The predicted octanol–water partition coefficient (Wildman–Crippen LogP) is 4.40. The minimum atomic E-state index is -0.369. The summed E-state index contributed by atoms with van der Waals surface area (Å²) in [5, 5.41) is 2.86. The summed E-state index contributed by atoms with van der Waals surface area (Å²) in [5.41, 5.74) is 3.31. The molecule has 0 aromatic heterocycles. The molecule has 4 rings (SSSR count). The number of ether oxygens (including phenoxy) is 2. The molecule has 0 aliphatic carbocycles. The molecular formula is C23H19NO4. The van der Waals surface area contributed by atoms with Crippen molar-refractivity contribution in [1.82, 2.24) is 0 Å². The summed E-state index contributed by atoms with van der Waals surface area (Å²) < 4.78 is 10.8. The normalized spacial score (nSPS) is 15.3. The number of amides is 1. The number of para-hydroxylation sites is 2. The SMILES string of the molecule is COc1ccccc1NC(=O)c1ccc2c(c1)C[C@H](c1ccccc1)OC2=O. The maximum atomic E-state index is 12.7. The molecule has 5 heteroatoms. The molecule has 1 N–H and O–H groups in total. The van der Waals surface area contributed by atoms with Gasteiger partial charge < -0.3 is 14.8 Å². The number of benzene rings is 3. The molecule has 0 saturated heterocycles. The molecule has 0 bridgehead atoms. The number of anilines is 1. The van der Waals surface area contributed by atoms with E-state index in [1.807, 2.05) is 42.5 Å². The molecule has 3 aromatic rings. The number of carbonyl (C=O) groups excluding carboxylic acids is 2. The number of rotatable bonds is 4. The molecule has 0 unspecified atom stereocenters. The lowest BCUT2D eigenvalue weighted by atomic mass is 9.93. The Labute approximate surface area is 162 Å². The zero-order valence-corrected chi connectivity index (χ0v) is 15.3. The van der Waals surface area contributed by atoms with Crippen molar-refractivity contribution in [3.05, 3.63) is 95.1 Å². The maximum absolute atomic E-state index is 12.7. The molecule has 0 fully saturated rings. The Morgan fingerprint density at radius 1 is 1.04 bits per heavy atom. The molecular weight excluding hydrogens is 354 g/mol. The van der Waals surface area contributed by atoms with Crippen LogP contribution in [0.15, 0.2) is 72.8 Å². The number of cyclic esters (lactones) is 1. The van der Waals surface area contributed by atoms with E-state index < -0.39 is 0 Å². The Hall–Kier alpha value is -3.60. The molecule has 1 heterocycles. The molecule has 0 spiro atoms. The van der Waals surface area contributed by atoms with Crippen molar-refractivity contribution in [2.24, 2.45) is 0 Å². The van der Waals surface area contributed by atoms with Crippen molar-refractivity contribution >= 4 is 17.6 Å². The van der Waals surface area contributed by atoms with Crippen LogP contribution in [-0.2, 0) is 11.2 Å². The number of hydrogen-bond donors (Lipinski definition) is 1. The van der Waals surface area contributed by atoms with Crippen LogP contribution in [0.4, 0.5) is 5.69 Å². The van der Waals surface area contributed by atoms with Crippen LogP contribution in [0.3, 0.4) is 0 Å². The molecule has 1 atom stereocenters. The van der Waals surface area contributed by atoms with E-state index >= 15 is 0 Å². The second kappa shape index (κ2) is 7.56. The maximum Gasteiger partial charge on any atom is 0.339 e. The number of hydrogen-bond acceptors (Lipinski definition) is 4. The lowest BCUT2D eigenvalue weighted by molar-refractivity contribution is 0.0252. The highest BCUT2D eigenvalue weighted by atomic mass is 16.5. The van der Waals surface area contributed by atoms with Crippen molar-refractivity contribution in [2.45, 2.75) is 12.5 Å². The van der Waals surface area contributed by atoms with Gasteiger partial charge in [-0.3, -0.25) is 4.79 Å². The monoisotopic (exact) mass is 373 g/mol. The lowest BCUT2D eigenvalue weighted by Crippen LogP contribution is -2.23. The Bertz CT molecular complexity index is 1030. The number of nitrogens with one attached hydrogen (secondary N) is 1. The summed E-state index contributed by atoms with van der Waals surface area (Å²) in [5.74, 6) is -0.0455. The van der Waals surface area contributed by atoms with Crippen LogP contribution in [0.5, 0.6) is 5.75 Å². The smallest absolute Gasteiger partial charge is 0.339 e. The first-order valence-electron chi connectivity index (χ1n) is 8.99. The first-order chi connectivity index (χ1) is 13.7. The molecule has 1 aliphatic heterocycles. The van der Waals surface area contributed by atoms with Gasteiger partial charge in [0, 0.05) is 12.0 Å². The van der Waals surface area contributed by atoms with E-state index in [1.54, 1.807) is 37.4 Å². The number of esters is 1. The zero-order chi connectivity index (χ0) is 19.5. The quantitative estimate of drug-likeness (QED) is 0.689. The summed E-state index contributed by atoms with van der Waals surface area (Å²) in [4.78, 5) is 25.1. The van der Waals surface area contributed by atoms with Gasteiger partial charge in [0.15, 0.2) is 0 Å². The average Bonchev–Trinajstić information content (AvgIpc) is 2.74. The van der Waals surface area contributed by atoms with Gasteiger partial charge >= 0.3 is 5.97 Å². The first kappa shape index (κ1) is 17.8. The van der Waals surface area contributed by atoms with E-state index in [2.05, 4.69) is 5.32 Å². The Morgan fingerprint density at radius 3 is 2.57 bits per heavy atom.